The predicted molar refractivity (Wildman–Crippen MR) is 101 cm³/mol. The van der Waals surface area contributed by atoms with E-state index in [1.165, 1.54) is 0 Å². The molecule has 2 aromatic rings. The third-order valence-corrected chi connectivity index (χ3v) is 6.71. The zero-order chi connectivity index (χ0) is 18.4. The van der Waals surface area contributed by atoms with Gasteiger partial charge in [0.25, 0.3) is 10.0 Å². The Balaban J connectivity index is 1.51. The number of amides is 1. The summed E-state index contributed by atoms with van der Waals surface area (Å²) in [5.41, 5.74) is 1.73. The SMILES string of the molecule is Cc1ccccc1S(=O)(=O)Nc1ccc(C2(C(=O)NC3CC3)CC2)cc1. The van der Waals surface area contributed by atoms with Crippen LogP contribution in [0.5, 0.6) is 0 Å². The van der Waals surface area contributed by atoms with E-state index >= 15 is 0 Å². The lowest BCUT2D eigenvalue weighted by atomic mass is 9.95. The normalized spacial score (nSPS) is 18.2. The molecule has 2 saturated carbocycles. The summed E-state index contributed by atoms with van der Waals surface area (Å²) < 4.78 is 27.8. The second-order valence-electron chi connectivity index (χ2n) is 7.28. The van der Waals surface area contributed by atoms with E-state index in [0.29, 0.717) is 17.3 Å². The van der Waals surface area contributed by atoms with E-state index in [9.17, 15) is 13.2 Å². The van der Waals surface area contributed by atoms with Gasteiger partial charge in [-0.25, -0.2) is 8.42 Å². The molecule has 2 N–H and O–H groups in total. The molecule has 1 amide bonds. The Kier molecular flexibility index (Phi) is 4.03. The van der Waals surface area contributed by atoms with Crippen LogP contribution in [0.15, 0.2) is 53.4 Å². The van der Waals surface area contributed by atoms with Crippen molar-refractivity contribution in [1.29, 1.82) is 0 Å². The van der Waals surface area contributed by atoms with Gasteiger partial charge in [0.15, 0.2) is 0 Å². The van der Waals surface area contributed by atoms with Gasteiger partial charge in [-0.05, 0) is 61.9 Å². The molecule has 2 aliphatic carbocycles. The topological polar surface area (TPSA) is 75.3 Å². The van der Waals surface area contributed by atoms with Crippen LogP contribution in [0.25, 0.3) is 0 Å². The van der Waals surface area contributed by atoms with Crippen molar-refractivity contribution >= 4 is 21.6 Å². The van der Waals surface area contributed by atoms with Crippen molar-refractivity contribution in [2.75, 3.05) is 4.72 Å². The highest BCUT2D eigenvalue weighted by Crippen LogP contribution is 2.49. The molecule has 0 spiro atoms. The number of aryl methyl sites for hydroxylation is 1. The molecule has 26 heavy (non-hydrogen) atoms. The number of nitrogens with one attached hydrogen (secondary N) is 2. The molecule has 0 unspecified atom stereocenters. The van der Waals surface area contributed by atoms with Gasteiger partial charge in [0.05, 0.1) is 10.3 Å². The molecule has 5 nitrogen and oxygen atoms in total. The van der Waals surface area contributed by atoms with Crippen LogP contribution in [-0.4, -0.2) is 20.4 Å². The summed E-state index contributed by atoms with van der Waals surface area (Å²) in [4.78, 5) is 12.8. The summed E-state index contributed by atoms with van der Waals surface area (Å²) in [7, 11) is -3.63. The summed E-state index contributed by atoms with van der Waals surface area (Å²) in [6.07, 6.45) is 3.84. The zero-order valence-corrected chi connectivity index (χ0v) is 15.5. The van der Waals surface area contributed by atoms with Crippen molar-refractivity contribution < 1.29 is 13.2 Å². The minimum Gasteiger partial charge on any atom is -0.353 e. The van der Waals surface area contributed by atoms with Crippen LogP contribution in [0.2, 0.25) is 0 Å². The molecular weight excluding hydrogens is 348 g/mol. The molecule has 0 bridgehead atoms. The van der Waals surface area contributed by atoms with Crippen LogP contribution < -0.4 is 10.0 Å². The summed E-state index contributed by atoms with van der Waals surface area (Å²) in [6, 6.07) is 14.4. The van der Waals surface area contributed by atoms with Gasteiger partial charge in [0.1, 0.15) is 0 Å². The molecule has 0 atom stereocenters. The fourth-order valence-electron chi connectivity index (χ4n) is 3.25. The second-order valence-corrected chi connectivity index (χ2v) is 8.93. The molecule has 2 aromatic carbocycles. The molecular formula is C20H22N2O3S. The van der Waals surface area contributed by atoms with Crippen LogP contribution in [0.1, 0.15) is 36.8 Å². The molecule has 2 aliphatic rings. The number of rotatable bonds is 6. The van der Waals surface area contributed by atoms with E-state index < -0.39 is 15.4 Å². The van der Waals surface area contributed by atoms with Crippen LogP contribution in [0.3, 0.4) is 0 Å². The van der Waals surface area contributed by atoms with Crippen molar-refractivity contribution in [2.24, 2.45) is 0 Å². The molecule has 0 heterocycles. The maximum atomic E-state index is 12.6. The number of anilines is 1. The van der Waals surface area contributed by atoms with Crippen LogP contribution in [0.4, 0.5) is 5.69 Å². The number of hydrogen-bond donors (Lipinski definition) is 2. The average molecular weight is 370 g/mol. The quantitative estimate of drug-likeness (QED) is 0.820. The lowest BCUT2D eigenvalue weighted by Gasteiger charge is -2.16. The molecule has 0 radical (unpaired) electrons. The van der Waals surface area contributed by atoms with Crippen LogP contribution >= 0.6 is 0 Å². The van der Waals surface area contributed by atoms with E-state index in [4.69, 9.17) is 0 Å². The third-order valence-electron chi connectivity index (χ3n) is 5.17. The van der Waals surface area contributed by atoms with Crippen LogP contribution in [0, 0.1) is 6.92 Å². The van der Waals surface area contributed by atoms with Gasteiger partial charge in [-0.2, -0.15) is 0 Å². The van der Waals surface area contributed by atoms with Crippen LogP contribution in [-0.2, 0) is 20.2 Å². The average Bonchev–Trinajstić information content (AvgIpc) is 3.50. The summed E-state index contributed by atoms with van der Waals surface area (Å²) in [6.45, 7) is 1.77. The van der Waals surface area contributed by atoms with Gasteiger partial charge >= 0.3 is 0 Å². The predicted octanol–water partition coefficient (Wildman–Crippen LogP) is 3.11. The molecule has 2 fully saturated rings. The highest BCUT2D eigenvalue weighted by molar-refractivity contribution is 7.92. The fraction of sp³-hybridized carbons (Fsp3) is 0.350. The van der Waals surface area contributed by atoms with Crippen molar-refractivity contribution in [3.63, 3.8) is 0 Å². The molecule has 136 valence electrons. The first kappa shape index (κ1) is 17.1. The summed E-state index contributed by atoms with van der Waals surface area (Å²) in [5.74, 6) is 0.105. The van der Waals surface area contributed by atoms with Gasteiger partial charge in [-0.3, -0.25) is 9.52 Å². The van der Waals surface area contributed by atoms with Gasteiger partial charge in [0.2, 0.25) is 5.91 Å². The van der Waals surface area contributed by atoms with Crippen molar-refractivity contribution in [3.8, 4) is 0 Å². The van der Waals surface area contributed by atoms with Crippen molar-refractivity contribution in [3.05, 3.63) is 59.7 Å². The number of carbonyl (C=O) groups excluding carboxylic acids is 1. The fourth-order valence-corrected chi connectivity index (χ4v) is 4.55. The molecule has 4 rings (SSSR count). The maximum Gasteiger partial charge on any atom is 0.262 e. The Morgan fingerprint density at radius 2 is 1.69 bits per heavy atom. The van der Waals surface area contributed by atoms with E-state index in [0.717, 1.165) is 31.2 Å². The standard InChI is InChI=1S/C20H22N2O3S/c1-14-4-2-3-5-18(14)26(24,25)22-17-8-6-15(7-9-17)20(12-13-20)19(23)21-16-10-11-16/h2-9,16,22H,10-13H2,1H3,(H,21,23). The number of benzene rings is 2. The van der Waals surface area contributed by atoms with Gasteiger partial charge in [-0.1, -0.05) is 30.3 Å². The highest BCUT2D eigenvalue weighted by atomic mass is 32.2. The highest BCUT2D eigenvalue weighted by Gasteiger charge is 2.52. The zero-order valence-electron chi connectivity index (χ0n) is 14.7. The van der Waals surface area contributed by atoms with E-state index in [1.54, 1.807) is 37.3 Å². The van der Waals surface area contributed by atoms with Gasteiger partial charge < -0.3 is 5.32 Å². The Morgan fingerprint density at radius 1 is 1.04 bits per heavy atom. The van der Waals surface area contributed by atoms with Crippen molar-refractivity contribution in [2.45, 2.75) is 49.0 Å². The Morgan fingerprint density at radius 3 is 2.27 bits per heavy atom. The first-order valence-corrected chi connectivity index (χ1v) is 10.4. The number of hydrogen-bond acceptors (Lipinski definition) is 3. The Labute approximate surface area is 153 Å². The third kappa shape index (κ3) is 3.21. The maximum absolute atomic E-state index is 12.6. The molecule has 0 aromatic heterocycles. The minimum atomic E-state index is -3.63. The van der Waals surface area contributed by atoms with Crippen molar-refractivity contribution in [1.82, 2.24) is 5.32 Å². The first-order valence-electron chi connectivity index (χ1n) is 8.91. The summed E-state index contributed by atoms with van der Waals surface area (Å²) in [5, 5.41) is 3.09. The van der Waals surface area contributed by atoms with Gasteiger partial charge in [0, 0.05) is 11.7 Å². The molecule has 0 saturated heterocycles. The lowest BCUT2D eigenvalue weighted by molar-refractivity contribution is -0.123. The first-order chi connectivity index (χ1) is 12.4. The van der Waals surface area contributed by atoms with Gasteiger partial charge in [-0.15, -0.1) is 0 Å². The minimum absolute atomic E-state index is 0.105. The molecule has 6 heteroatoms. The largest absolute Gasteiger partial charge is 0.353 e. The molecule has 0 aliphatic heterocycles. The summed E-state index contributed by atoms with van der Waals surface area (Å²) >= 11 is 0. The number of sulfonamides is 1. The Hall–Kier alpha value is -2.34. The lowest BCUT2D eigenvalue weighted by Crippen LogP contribution is -2.36. The monoisotopic (exact) mass is 370 g/mol. The Bertz CT molecular complexity index is 943. The second kappa shape index (κ2) is 6.13. The smallest absolute Gasteiger partial charge is 0.262 e. The van der Waals surface area contributed by atoms with E-state index in [-0.39, 0.29) is 10.8 Å². The van der Waals surface area contributed by atoms with E-state index in [1.807, 2.05) is 18.2 Å². The van der Waals surface area contributed by atoms with E-state index in [2.05, 4.69) is 10.0 Å². The number of carbonyl (C=O) groups is 1.